The highest BCUT2D eigenvalue weighted by molar-refractivity contribution is 5.67. The van der Waals surface area contributed by atoms with E-state index in [0.717, 1.165) is 11.6 Å². The summed E-state index contributed by atoms with van der Waals surface area (Å²) >= 11 is 0. The number of halogens is 3. The lowest BCUT2D eigenvalue weighted by Gasteiger charge is -2.11. The Morgan fingerprint density at radius 2 is 1.84 bits per heavy atom. The van der Waals surface area contributed by atoms with Gasteiger partial charge in [0, 0.05) is 11.8 Å². The Morgan fingerprint density at radius 1 is 1.16 bits per heavy atom. The zero-order valence-electron chi connectivity index (χ0n) is 9.78. The molecule has 0 aliphatic heterocycles. The van der Waals surface area contributed by atoms with E-state index < -0.39 is 11.9 Å². The number of pyridine rings is 1. The number of hydrogen-bond acceptors (Lipinski definition) is 2. The van der Waals surface area contributed by atoms with Crippen molar-refractivity contribution in [3.8, 4) is 17.2 Å². The summed E-state index contributed by atoms with van der Waals surface area (Å²) in [5.41, 5.74) is 0.651. The molecule has 1 aromatic heterocycles. The van der Waals surface area contributed by atoms with Crippen LogP contribution in [-0.4, -0.2) is 4.98 Å². The SMILES string of the molecule is N#CCc1cc(C(F)(F)F)ncc1-c1ccccc1. The molecule has 0 aliphatic rings. The maximum Gasteiger partial charge on any atom is 0.433 e. The molecule has 0 aliphatic carbocycles. The van der Waals surface area contributed by atoms with Crippen molar-refractivity contribution in [2.75, 3.05) is 0 Å². The fourth-order valence-electron chi connectivity index (χ4n) is 1.76. The topological polar surface area (TPSA) is 36.7 Å². The minimum Gasteiger partial charge on any atom is -0.251 e. The lowest BCUT2D eigenvalue weighted by Crippen LogP contribution is -2.09. The van der Waals surface area contributed by atoms with Gasteiger partial charge in [-0.15, -0.1) is 0 Å². The maximum atomic E-state index is 12.6. The second-order valence-electron chi connectivity index (χ2n) is 3.93. The van der Waals surface area contributed by atoms with Gasteiger partial charge in [0.15, 0.2) is 0 Å². The van der Waals surface area contributed by atoms with Crippen LogP contribution in [0.2, 0.25) is 0 Å². The van der Waals surface area contributed by atoms with Gasteiger partial charge in [0.05, 0.1) is 12.5 Å². The molecular formula is C14H9F3N2. The van der Waals surface area contributed by atoms with E-state index >= 15 is 0 Å². The first-order chi connectivity index (χ1) is 9.02. The molecule has 0 bridgehead atoms. The van der Waals surface area contributed by atoms with E-state index in [4.69, 9.17) is 5.26 Å². The summed E-state index contributed by atoms with van der Waals surface area (Å²) in [4.78, 5) is 3.43. The zero-order valence-corrected chi connectivity index (χ0v) is 9.78. The maximum absolute atomic E-state index is 12.6. The first kappa shape index (κ1) is 13.1. The lowest BCUT2D eigenvalue weighted by atomic mass is 9.99. The average molecular weight is 262 g/mol. The summed E-state index contributed by atoms with van der Waals surface area (Å²) in [5, 5.41) is 8.73. The molecule has 0 amide bonds. The van der Waals surface area contributed by atoms with Crippen LogP contribution < -0.4 is 0 Å². The highest BCUT2D eigenvalue weighted by Gasteiger charge is 2.33. The number of alkyl halides is 3. The van der Waals surface area contributed by atoms with Crippen LogP contribution >= 0.6 is 0 Å². The van der Waals surface area contributed by atoms with Gasteiger partial charge in [0.25, 0.3) is 0 Å². The van der Waals surface area contributed by atoms with Crippen molar-refractivity contribution in [3.63, 3.8) is 0 Å². The summed E-state index contributed by atoms with van der Waals surface area (Å²) in [6, 6.07) is 11.7. The van der Waals surface area contributed by atoms with Gasteiger partial charge < -0.3 is 0 Å². The summed E-state index contributed by atoms with van der Waals surface area (Å²) < 4.78 is 37.8. The van der Waals surface area contributed by atoms with Crippen molar-refractivity contribution in [1.29, 1.82) is 5.26 Å². The quantitative estimate of drug-likeness (QED) is 0.824. The second kappa shape index (κ2) is 5.11. The minimum absolute atomic E-state index is 0.0875. The number of rotatable bonds is 2. The van der Waals surface area contributed by atoms with Crippen LogP contribution in [-0.2, 0) is 12.6 Å². The summed E-state index contributed by atoms with van der Waals surface area (Å²) in [5.74, 6) is 0. The van der Waals surface area contributed by atoms with Crippen molar-refractivity contribution < 1.29 is 13.2 Å². The molecule has 5 heteroatoms. The van der Waals surface area contributed by atoms with E-state index in [0.29, 0.717) is 11.1 Å². The van der Waals surface area contributed by atoms with Crippen LogP contribution in [0.4, 0.5) is 13.2 Å². The van der Waals surface area contributed by atoms with Gasteiger partial charge in [0.1, 0.15) is 5.69 Å². The predicted octanol–water partition coefficient (Wildman–Crippen LogP) is 3.83. The third kappa shape index (κ3) is 2.91. The van der Waals surface area contributed by atoms with E-state index in [2.05, 4.69) is 4.98 Å². The Morgan fingerprint density at radius 3 is 2.42 bits per heavy atom. The molecule has 0 radical (unpaired) electrons. The van der Waals surface area contributed by atoms with Crippen molar-refractivity contribution in [2.45, 2.75) is 12.6 Å². The van der Waals surface area contributed by atoms with Gasteiger partial charge in [0.2, 0.25) is 0 Å². The van der Waals surface area contributed by atoms with Gasteiger partial charge in [-0.3, -0.25) is 4.98 Å². The third-order valence-corrected chi connectivity index (χ3v) is 2.63. The van der Waals surface area contributed by atoms with Crippen molar-refractivity contribution in [1.82, 2.24) is 4.98 Å². The molecule has 0 atom stereocenters. The smallest absolute Gasteiger partial charge is 0.251 e. The Labute approximate surface area is 108 Å². The molecule has 19 heavy (non-hydrogen) atoms. The van der Waals surface area contributed by atoms with Crippen LogP contribution in [0.3, 0.4) is 0 Å². The molecule has 1 aromatic carbocycles. The van der Waals surface area contributed by atoms with E-state index in [9.17, 15) is 13.2 Å². The monoisotopic (exact) mass is 262 g/mol. The number of nitriles is 1. The molecule has 2 nitrogen and oxygen atoms in total. The lowest BCUT2D eigenvalue weighted by molar-refractivity contribution is -0.141. The average Bonchev–Trinajstić information content (AvgIpc) is 2.39. The molecule has 0 unspecified atom stereocenters. The van der Waals surface area contributed by atoms with Gasteiger partial charge in [-0.05, 0) is 17.2 Å². The fourth-order valence-corrected chi connectivity index (χ4v) is 1.76. The van der Waals surface area contributed by atoms with Crippen LogP contribution in [0.25, 0.3) is 11.1 Å². The molecule has 0 fully saturated rings. The largest absolute Gasteiger partial charge is 0.433 e. The fraction of sp³-hybridized carbons (Fsp3) is 0.143. The Kier molecular flexibility index (Phi) is 3.52. The van der Waals surface area contributed by atoms with Crippen LogP contribution in [0.1, 0.15) is 11.3 Å². The van der Waals surface area contributed by atoms with Crippen molar-refractivity contribution in [3.05, 3.63) is 53.9 Å². The first-order valence-electron chi connectivity index (χ1n) is 5.51. The zero-order chi connectivity index (χ0) is 13.9. The Balaban J connectivity index is 2.54. The molecule has 0 spiro atoms. The second-order valence-corrected chi connectivity index (χ2v) is 3.93. The highest BCUT2D eigenvalue weighted by Crippen LogP contribution is 2.31. The Hall–Kier alpha value is -2.35. The number of nitrogens with zero attached hydrogens (tertiary/aromatic N) is 2. The number of benzene rings is 1. The predicted molar refractivity (Wildman–Crippen MR) is 64.0 cm³/mol. The Bertz CT molecular complexity index is 613. The van der Waals surface area contributed by atoms with Gasteiger partial charge in [-0.1, -0.05) is 30.3 Å². The van der Waals surface area contributed by atoms with Crippen molar-refractivity contribution in [2.24, 2.45) is 0 Å². The molecule has 96 valence electrons. The molecule has 2 rings (SSSR count). The minimum atomic E-state index is -4.50. The highest BCUT2D eigenvalue weighted by atomic mass is 19.4. The molecule has 1 heterocycles. The van der Waals surface area contributed by atoms with Gasteiger partial charge >= 0.3 is 6.18 Å². The standard InChI is InChI=1S/C14H9F3N2/c15-14(16,17)13-8-11(6-7-18)12(9-19-13)10-4-2-1-3-5-10/h1-5,8-9H,6H2. The summed E-state index contributed by atoms with van der Waals surface area (Å²) in [6.07, 6.45) is -3.42. The van der Waals surface area contributed by atoms with E-state index in [1.807, 2.05) is 12.1 Å². The first-order valence-corrected chi connectivity index (χ1v) is 5.51. The normalized spacial score (nSPS) is 11.1. The molecule has 0 saturated carbocycles. The van der Waals surface area contributed by atoms with E-state index in [-0.39, 0.29) is 6.42 Å². The van der Waals surface area contributed by atoms with Crippen LogP contribution in [0, 0.1) is 11.3 Å². The summed E-state index contributed by atoms with van der Waals surface area (Å²) in [7, 11) is 0. The van der Waals surface area contributed by atoms with Crippen molar-refractivity contribution >= 4 is 0 Å². The number of hydrogen-bond donors (Lipinski definition) is 0. The molecule has 2 aromatic rings. The molecule has 0 saturated heterocycles. The van der Waals surface area contributed by atoms with E-state index in [1.54, 1.807) is 24.3 Å². The molecular weight excluding hydrogens is 253 g/mol. The van der Waals surface area contributed by atoms with E-state index in [1.165, 1.54) is 6.20 Å². The third-order valence-electron chi connectivity index (χ3n) is 2.63. The van der Waals surface area contributed by atoms with Crippen LogP contribution in [0.15, 0.2) is 42.6 Å². The van der Waals surface area contributed by atoms with Gasteiger partial charge in [-0.2, -0.15) is 18.4 Å². The number of aromatic nitrogens is 1. The van der Waals surface area contributed by atoms with Crippen LogP contribution in [0.5, 0.6) is 0 Å². The van der Waals surface area contributed by atoms with Gasteiger partial charge in [-0.25, -0.2) is 0 Å². The molecule has 0 N–H and O–H groups in total. The summed E-state index contributed by atoms with van der Waals surface area (Å²) in [6.45, 7) is 0.